The van der Waals surface area contributed by atoms with Crippen molar-refractivity contribution >= 4 is 0 Å². The van der Waals surface area contributed by atoms with Gasteiger partial charge in [0.2, 0.25) is 0 Å². The van der Waals surface area contributed by atoms with Crippen molar-refractivity contribution in [2.45, 2.75) is 6.04 Å². The van der Waals surface area contributed by atoms with Crippen molar-refractivity contribution < 1.29 is 20.1 Å². The third-order valence-electron chi connectivity index (χ3n) is 3.43. The molecule has 0 saturated carbocycles. The van der Waals surface area contributed by atoms with Crippen molar-refractivity contribution in [2.24, 2.45) is 0 Å². The topological polar surface area (TPSA) is 50.5 Å². The normalized spacial score (nSPS) is 18.9. The van der Waals surface area contributed by atoms with Crippen LogP contribution in [-0.4, -0.2) is 40.0 Å². The minimum atomic E-state index is 0.477. The third-order valence-corrected chi connectivity index (χ3v) is 3.43. The quantitative estimate of drug-likeness (QED) is 0.699. The summed E-state index contributed by atoms with van der Waals surface area (Å²) >= 11 is 0. The Balaban J connectivity index is 2.10. The second-order valence-electron chi connectivity index (χ2n) is 4.39. The van der Waals surface area contributed by atoms with Gasteiger partial charge in [0.1, 0.15) is 25.4 Å². The molecule has 0 aliphatic carbocycles. The standard InChI is InChI=1S/C13H20N2O2/c1-16-12-4-2-11(3-5-12)13(10-14)15-6-8-17-9-7-15/h2-5,13H,6-10,14H2,1H3/p+2/t13-/m1/s1. The number of nitrogens with one attached hydrogen (secondary N) is 1. The number of ether oxygens (including phenoxy) is 2. The lowest BCUT2D eigenvalue weighted by atomic mass is 10.0. The van der Waals surface area contributed by atoms with Crippen LogP contribution in [0, 0.1) is 0 Å². The molecule has 1 aliphatic heterocycles. The van der Waals surface area contributed by atoms with Gasteiger partial charge in [0.15, 0.2) is 6.04 Å². The number of hydrogen-bond acceptors (Lipinski definition) is 2. The molecule has 0 unspecified atom stereocenters. The van der Waals surface area contributed by atoms with Crippen LogP contribution in [0.4, 0.5) is 0 Å². The zero-order valence-corrected chi connectivity index (χ0v) is 10.4. The molecule has 94 valence electrons. The molecule has 0 bridgehead atoms. The molecular weight excluding hydrogens is 216 g/mol. The van der Waals surface area contributed by atoms with Crippen LogP contribution in [0.1, 0.15) is 11.6 Å². The first kappa shape index (κ1) is 12.4. The second-order valence-corrected chi connectivity index (χ2v) is 4.39. The zero-order valence-electron chi connectivity index (χ0n) is 10.4. The molecule has 1 atom stereocenters. The predicted octanol–water partition coefficient (Wildman–Crippen LogP) is -1.11. The Morgan fingerprint density at radius 3 is 2.47 bits per heavy atom. The first-order valence-electron chi connectivity index (χ1n) is 6.20. The van der Waals surface area contributed by atoms with E-state index in [1.807, 2.05) is 12.1 Å². The van der Waals surface area contributed by atoms with E-state index >= 15 is 0 Å². The highest BCUT2D eigenvalue weighted by atomic mass is 16.5. The van der Waals surface area contributed by atoms with E-state index < -0.39 is 0 Å². The number of morpholine rings is 1. The average Bonchev–Trinajstić information content (AvgIpc) is 2.42. The number of methoxy groups -OCH3 is 1. The van der Waals surface area contributed by atoms with Crippen molar-refractivity contribution in [3.8, 4) is 5.75 Å². The smallest absolute Gasteiger partial charge is 0.163 e. The fraction of sp³-hybridized carbons (Fsp3) is 0.538. The van der Waals surface area contributed by atoms with E-state index in [2.05, 4.69) is 17.9 Å². The Bertz CT molecular complexity index is 334. The largest absolute Gasteiger partial charge is 0.497 e. The van der Waals surface area contributed by atoms with Crippen LogP contribution in [-0.2, 0) is 4.74 Å². The molecule has 0 aromatic heterocycles. The van der Waals surface area contributed by atoms with Gasteiger partial charge in [-0.05, 0) is 24.3 Å². The van der Waals surface area contributed by atoms with Gasteiger partial charge in [0, 0.05) is 5.56 Å². The van der Waals surface area contributed by atoms with Gasteiger partial charge in [-0.1, -0.05) is 0 Å². The molecule has 0 radical (unpaired) electrons. The molecule has 1 aromatic carbocycles. The fourth-order valence-electron chi connectivity index (χ4n) is 2.42. The maximum absolute atomic E-state index is 5.41. The number of benzene rings is 1. The minimum Gasteiger partial charge on any atom is -0.497 e. The Morgan fingerprint density at radius 2 is 1.94 bits per heavy atom. The summed E-state index contributed by atoms with van der Waals surface area (Å²) in [6.45, 7) is 4.80. The zero-order chi connectivity index (χ0) is 12.1. The average molecular weight is 238 g/mol. The first-order valence-corrected chi connectivity index (χ1v) is 6.20. The molecule has 17 heavy (non-hydrogen) atoms. The number of rotatable bonds is 4. The van der Waals surface area contributed by atoms with Crippen LogP contribution in [0.15, 0.2) is 24.3 Å². The Hall–Kier alpha value is -1.10. The van der Waals surface area contributed by atoms with Gasteiger partial charge in [-0.2, -0.15) is 0 Å². The van der Waals surface area contributed by atoms with Crippen LogP contribution < -0.4 is 15.4 Å². The van der Waals surface area contributed by atoms with Gasteiger partial charge in [0.05, 0.1) is 20.3 Å². The minimum absolute atomic E-state index is 0.477. The molecule has 1 heterocycles. The maximum Gasteiger partial charge on any atom is 0.163 e. The molecule has 4 nitrogen and oxygen atoms in total. The third kappa shape index (κ3) is 2.97. The molecule has 1 aliphatic rings. The molecule has 4 heteroatoms. The summed E-state index contributed by atoms with van der Waals surface area (Å²) in [7, 11) is 1.70. The highest BCUT2D eigenvalue weighted by Crippen LogP contribution is 2.15. The Kier molecular flexibility index (Phi) is 4.36. The summed E-state index contributed by atoms with van der Waals surface area (Å²) in [6, 6.07) is 8.83. The molecule has 0 spiro atoms. The van der Waals surface area contributed by atoms with E-state index in [9.17, 15) is 0 Å². The highest BCUT2D eigenvalue weighted by molar-refractivity contribution is 5.28. The van der Waals surface area contributed by atoms with Gasteiger partial charge >= 0.3 is 0 Å². The fourth-order valence-corrected chi connectivity index (χ4v) is 2.42. The lowest BCUT2D eigenvalue weighted by Crippen LogP contribution is -3.15. The lowest BCUT2D eigenvalue weighted by Gasteiger charge is -2.29. The second kappa shape index (κ2) is 6.00. The van der Waals surface area contributed by atoms with Crippen LogP contribution in [0.25, 0.3) is 0 Å². The molecule has 4 N–H and O–H groups in total. The van der Waals surface area contributed by atoms with Crippen LogP contribution in [0.3, 0.4) is 0 Å². The van der Waals surface area contributed by atoms with Gasteiger partial charge in [-0.15, -0.1) is 0 Å². The van der Waals surface area contributed by atoms with E-state index in [0.717, 1.165) is 38.6 Å². The summed E-state index contributed by atoms with van der Waals surface area (Å²) in [5.41, 5.74) is 5.43. The molecule has 2 rings (SSSR count). The lowest BCUT2D eigenvalue weighted by molar-refractivity contribution is -0.944. The van der Waals surface area contributed by atoms with Crippen LogP contribution in [0.5, 0.6) is 5.75 Å². The number of quaternary nitrogens is 2. The van der Waals surface area contributed by atoms with E-state index in [-0.39, 0.29) is 0 Å². The SMILES string of the molecule is COc1ccc([C@@H](C[NH3+])[NH+]2CCOCC2)cc1. The van der Waals surface area contributed by atoms with E-state index in [0.29, 0.717) is 6.04 Å². The van der Waals surface area contributed by atoms with Crippen molar-refractivity contribution in [3.63, 3.8) is 0 Å². The Morgan fingerprint density at radius 1 is 1.29 bits per heavy atom. The van der Waals surface area contributed by atoms with Crippen molar-refractivity contribution in [3.05, 3.63) is 29.8 Å². The van der Waals surface area contributed by atoms with Gasteiger partial charge in [-0.25, -0.2) is 0 Å². The molecule has 1 fully saturated rings. The summed E-state index contributed by atoms with van der Waals surface area (Å²) in [6.07, 6.45) is 0. The summed E-state index contributed by atoms with van der Waals surface area (Å²) in [5, 5.41) is 0. The first-order chi connectivity index (χ1) is 8.35. The molecule has 1 aromatic rings. The molecule has 1 saturated heterocycles. The number of hydrogen-bond donors (Lipinski definition) is 2. The Labute approximate surface area is 102 Å². The monoisotopic (exact) mass is 238 g/mol. The van der Waals surface area contributed by atoms with Crippen molar-refractivity contribution in [2.75, 3.05) is 40.0 Å². The van der Waals surface area contributed by atoms with Crippen molar-refractivity contribution in [1.29, 1.82) is 0 Å². The maximum atomic E-state index is 5.41. The molecule has 0 amide bonds. The van der Waals surface area contributed by atoms with E-state index in [1.165, 1.54) is 5.56 Å². The van der Waals surface area contributed by atoms with E-state index in [1.54, 1.807) is 12.0 Å². The van der Waals surface area contributed by atoms with Crippen molar-refractivity contribution in [1.82, 2.24) is 0 Å². The van der Waals surface area contributed by atoms with E-state index in [4.69, 9.17) is 9.47 Å². The van der Waals surface area contributed by atoms with Crippen LogP contribution >= 0.6 is 0 Å². The van der Waals surface area contributed by atoms with Gasteiger partial charge in [-0.3, -0.25) is 0 Å². The molecular formula is C13H22N2O2+2. The predicted molar refractivity (Wildman–Crippen MR) is 65.0 cm³/mol. The summed E-state index contributed by atoms with van der Waals surface area (Å²) in [5.74, 6) is 0.911. The van der Waals surface area contributed by atoms with Gasteiger partial charge < -0.3 is 20.1 Å². The van der Waals surface area contributed by atoms with Gasteiger partial charge in [0.25, 0.3) is 0 Å². The van der Waals surface area contributed by atoms with Crippen LogP contribution in [0.2, 0.25) is 0 Å². The highest BCUT2D eigenvalue weighted by Gasteiger charge is 2.26. The summed E-state index contributed by atoms with van der Waals surface area (Å²) < 4.78 is 10.6. The summed E-state index contributed by atoms with van der Waals surface area (Å²) in [4.78, 5) is 1.58.